The van der Waals surface area contributed by atoms with Crippen molar-refractivity contribution in [3.05, 3.63) is 36.0 Å². The number of anilines is 1. The molecule has 1 aromatic heterocycles. The number of nitrogens with two attached hydrogens (primary N) is 1. The van der Waals surface area contributed by atoms with Crippen LogP contribution in [0.15, 0.2) is 35.5 Å². The van der Waals surface area contributed by atoms with Crippen LogP contribution in [-0.2, 0) is 11.3 Å². The van der Waals surface area contributed by atoms with Crippen molar-refractivity contribution in [1.29, 1.82) is 0 Å². The lowest BCUT2D eigenvalue weighted by Crippen LogP contribution is -2.32. The number of nitrogens with zero attached hydrogens (tertiary/aromatic N) is 2. The predicted molar refractivity (Wildman–Crippen MR) is 92.1 cm³/mol. The maximum Gasteiger partial charge on any atom is 0.222 e. The van der Waals surface area contributed by atoms with Crippen LogP contribution in [0.3, 0.4) is 0 Å². The van der Waals surface area contributed by atoms with Gasteiger partial charge in [-0.15, -0.1) is 24.0 Å². The van der Waals surface area contributed by atoms with Gasteiger partial charge in [-0.25, -0.2) is 9.98 Å². The van der Waals surface area contributed by atoms with Crippen LogP contribution in [0.5, 0.6) is 0 Å². The summed E-state index contributed by atoms with van der Waals surface area (Å²) in [6.45, 7) is 8.15. The molecule has 0 atom stereocenters. The van der Waals surface area contributed by atoms with Gasteiger partial charge in [0.05, 0.1) is 6.54 Å². The SMILES string of the molecule is C=C(C)CNC(N)=NCc1ccc(NC(C)=O)nc1.I. The van der Waals surface area contributed by atoms with Gasteiger partial charge in [0.15, 0.2) is 5.96 Å². The van der Waals surface area contributed by atoms with Crippen molar-refractivity contribution in [3.63, 3.8) is 0 Å². The minimum absolute atomic E-state index is 0. The maximum absolute atomic E-state index is 10.8. The van der Waals surface area contributed by atoms with Crippen LogP contribution in [0, 0.1) is 0 Å². The highest BCUT2D eigenvalue weighted by Crippen LogP contribution is 2.05. The Balaban J connectivity index is 0.00000361. The zero-order chi connectivity index (χ0) is 14.3. The highest BCUT2D eigenvalue weighted by molar-refractivity contribution is 14.0. The molecule has 0 aliphatic rings. The van der Waals surface area contributed by atoms with E-state index in [0.29, 0.717) is 24.9 Å². The van der Waals surface area contributed by atoms with Gasteiger partial charge in [-0.2, -0.15) is 0 Å². The lowest BCUT2D eigenvalue weighted by atomic mass is 10.3. The molecule has 0 saturated heterocycles. The standard InChI is InChI=1S/C13H19N5O.HI/c1-9(2)6-16-13(14)17-8-11-4-5-12(15-7-11)18-10(3)19;/h4-5,7H,1,6,8H2,2-3H3,(H3,14,16,17)(H,15,18,19);1H. The molecule has 1 amide bonds. The zero-order valence-electron chi connectivity index (χ0n) is 11.6. The summed E-state index contributed by atoms with van der Waals surface area (Å²) in [7, 11) is 0. The molecular formula is C13H20IN5O. The second-order valence-corrected chi connectivity index (χ2v) is 4.25. The van der Waals surface area contributed by atoms with Crippen LogP contribution in [0.25, 0.3) is 0 Å². The number of guanidine groups is 1. The van der Waals surface area contributed by atoms with Gasteiger partial charge in [0, 0.05) is 19.7 Å². The summed E-state index contributed by atoms with van der Waals surface area (Å²) in [6.07, 6.45) is 1.65. The summed E-state index contributed by atoms with van der Waals surface area (Å²) in [5.74, 6) is 0.744. The molecule has 1 heterocycles. The Bertz CT molecular complexity index is 484. The first kappa shape index (κ1) is 18.4. The summed E-state index contributed by atoms with van der Waals surface area (Å²) >= 11 is 0. The Labute approximate surface area is 136 Å². The molecule has 1 aromatic rings. The van der Waals surface area contributed by atoms with Crippen molar-refractivity contribution >= 4 is 41.7 Å². The topological polar surface area (TPSA) is 92.4 Å². The molecular weight excluding hydrogens is 369 g/mol. The Morgan fingerprint density at radius 1 is 1.45 bits per heavy atom. The van der Waals surface area contributed by atoms with Crippen molar-refractivity contribution < 1.29 is 4.79 Å². The van der Waals surface area contributed by atoms with Crippen molar-refractivity contribution in [1.82, 2.24) is 10.3 Å². The van der Waals surface area contributed by atoms with Gasteiger partial charge >= 0.3 is 0 Å². The molecule has 0 radical (unpaired) electrons. The summed E-state index contributed by atoms with van der Waals surface area (Å²) in [5, 5.41) is 5.54. The molecule has 4 N–H and O–H groups in total. The van der Waals surface area contributed by atoms with E-state index in [1.165, 1.54) is 6.92 Å². The maximum atomic E-state index is 10.8. The monoisotopic (exact) mass is 389 g/mol. The van der Waals surface area contributed by atoms with E-state index < -0.39 is 0 Å². The molecule has 0 spiro atoms. The molecule has 0 aromatic carbocycles. The van der Waals surface area contributed by atoms with E-state index in [1.54, 1.807) is 12.3 Å². The van der Waals surface area contributed by atoms with Gasteiger partial charge in [0.1, 0.15) is 5.82 Å². The van der Waals surface area contributed by atoms with E-state index >= 15 is 0 Å². The summed E-state index contributed by atoms with van der Waals surface area (Å²) in [4.78, 5) is 19.1. The number of hydrogen-bond acceptors (Lipinski definition) is 3. The average Bonchev–Trinajstić information content (AvgIpc) is 2.35. The number of carbonyl (C=O) groups is 1. The third-order valence-corrected chi connectivity index (χ3v) is 2.13. The van der Waals surface area contributed by atoms with Gasteiger partial charge in [-0.3, -0.25) is 4.79 Å². The minimum atomic E-state index is -0.147. The van der Waals surface area contributed by atoms with Crippen molar-refractivity contribution in [2.45, 2.75) is 20.4 Å². The van der Waals surface area contributed by atoms with Crippen molar-refractivity contribution in [2.75, 3.05) is 11.9 Å². The molecule has 0 saturated carbocycles. The third kappa shape index (κ3) is 7.72. The molecule has 1 rings (SSSR count). The number of nitrogens with one attached hydrogen (secondary N) is 2. The van der Waals surface area contributed by atoms with Crippen LogP contribution in [0.1, 0.15) is 19.4 Å². The fourth-order valence-electron chi connectivity index (χ4n) is 1.25. The van der Waals surface area contributed by atoms with Crippen LogP contribution < -0.4 is 16.4 Å². The number of amides is 1. The van der Waals surface area contributed by atoms with Crippen molar-refractivity contribution in [2.24, 2.45) is 10.7 Å². The second-order valence-electron chi connectivity index (χ2n) is 4.25. The van der Waals surface area contributed by atoms with Crippen LogP contribution in [-0.4, -0.2) is 23.4 Å². The molecule has 0 aliphatic heterocycles. The fraction of sp³-hybridized carbons (Fsp3) is 0.308. The first-order valence-electron chi connectivity index (χ1n) is 5.88. The molecule has 6 nitrogen and oxygen atoms in total. The van der Waals surface area contributed by atoms with Gasteiger partial charge < -0.3 is 16.4 Å². The highest BCUT2D eigenvalue weighted by Gasteiger charge is 1.98. The lowest BCUT2D eigenvalue weighted by Gasteiger charge is -2.05. The van der Waals surface area contributed by atoms with Crippen LogP contribution in [0.2, 0.25) is 0 Å². The summed E-state index contributed by atoms with van der Waals surface area (Å²) in [5.41, 5.74) is 7.58. The zero-order valence-corrected chi connectivity index (χ0v) is 14.0. The van der Waals surface area contributed by atoms with E-state index in [9.17, 15) is 4.79 Å². The van der Waals surface area contributed by atoms with E-state index in [1.807, 2.05) is 13.0 Å². The number of halogens is 1. The van der Waals surface area contributed by atoms with Gasteiger partial charge in [-0.1, -0.05) is 18.2 Å². The van der Waals surface area contributed by atoms with Gasteiger partial charge in [0.25, 0.3) is 0 Å². The van der Waals surface area contributed by atoms with E-state index in [-0.39, 0.29) is 29.9 Å². The number of rotatable bonds is 5. The largest absolute Gasteiger partial charge is 0.370 e. The predicted octanol–water partition coefficient (Wildman–Crippen LogP) is 1.64. The molecule has 0 aliphatic carbocycles. The number of pyridine rings is 1. The van der Waals surface area contributed by atoms with E-state index in [0.717, 1.165) is 11.1 Å². The lowest BCUT2D eigenvalue weighted by molar-refractivity contribution is -0.114. The molecule has 0 unspecified atom stereocenters. The van der Waals surface area contributed by atoms with Gasteiger partial charge in [0.2, 0.25) is 5.91 Å². The number of hydrogen-bond donors (Lipinski definition) is 3. The van der Waals surface area contributed by atoms with Gasteiger partial charge in [-0.05, 0) is 18.6 Å². The highest BCUT2D eigenvalue weighted by atomic mass is 127. The first-order valence-corrected chi connectivity index (χ1v) is 5.88. The quantitative estimate of drug-likeness (QED) is 0.309. The smallest absolute Gasteiger partial charge is 0.222 e. The molecule has 0 bridgehead atoms. The summed E-state index contributed by atoms with van der Waals surface area (Å²) < 4.78 is 0. The van der Waals surface area contributed by atoms with Crippen LogP contribution in [0.4, 0.5) is 5.82 Å². The average molecular weight is 389 g/mol. The number of aliphatic imine (C=N–C) groups is 1. The summed E-state index contributed by atoms with van der Waals surface area (Å²) in [6, 6.07) is 3.57. The molecule has 0 fully saturated rings. The third-order valence-electron chi connectivity index (χ3n) is 2.13. The van der Waals surface area contributed by atoms with E-state index in [4.69, 9.17) is 5.73 Å². The van der Waals surface area contributed by atoms with Crippen molar-refractivity contribution in [3.8, 4) is 0 Å². The molecule has 7 heteroatoms. The molecule has 20 heavy (non-hydrogen) atoms. The number of carbonyl (C=O) groups excluding carboxylic acids is 1. The minimum Gasteiger partial charge on any atom is -0.370 e. The van der Waals surface area contributed by atoms with E-state index in [2.05, 4.69) is 27.2 Å². The Morgan fingerprint density at radius 3 is 2.65 bits per heavy atom. The Hall–Kier alpha value is -1.64. The second kappa shape index (κ2) is 9.29. The van der Waals surface area contributed by atoms with Crippen LogP contribution >= 0.6 is 24.0 Å². The normalized spacial score (nSPS) is 10.4. The fourth-order valence-corrected chi connectivity index (χ4v) is 1.25. The number of aromatic nitrogens is 1. The Morgan fingerprint density at radius 2 is 2.15 bits per heavy atom. The first-order chi connectivity index (χ1) is 8.97. The Kier molecular flexibility index (Phi) is 8.53. The molecule has 110 valence electrons.